The molecular weight excluding hydrogens is 276 g/mol. The van der Waals surface area contributed by atoms with Crippen LogP contribution in [-0.2, 0) is 9.53 Å². The number of nitrogens with one attached hydrogen (secondary N) is 1. The molecule has 2 aliphatic carbocycles. The third kappa shape index (κ3) is 2.77. The Kier molecular flexibility index (Phi) is 4.50. The third-order valence-corrected chi connectivity index (χ3v) is 5.41. The van der Waals surface area contributed by atoms with E-state index in [1.807, 2.05) is 37.3 Å². The second-order valence-corrected chi connectivity index (χ2v) is 6.61. The van der Waals surface area contributed by atoms with Gasteiger partial charge in [-0.05, 0) is 31.7 Å². The topological polar surface area (TPSA) is 64.3 Å². The van der Waals surface area contributed by atoms with E-state index in [0.717, 1.165) is 18.6 Å². The van der Waals surface area contributed by atoms with Gasteiger partial charge in [-0.15, -0.1) is 0 Å². The zero-order valence-electron chi connectivity index (χ0n) is 13.3. The fraction of sp³-hybridized carbons (Fsp3) is 0.611. The van der Waals surface area contributed by atoms with Crippen molar-refractivity contribution < 1.29 is 9.53 Å². The van der Waals surface area contributed by atoms with Crippen molar-refractivity contribution in [3.05, 3.63) is 35.9 Å². The molecule has 2 fully saturated rings. The molecule has 3 atom stereocenters. The lowest BCUT2D eigenvalue weighted by Gasteiger charge is -2.61. The van der Waals surface area contributed by atoms with Gasteiger partial charge in [-0.3, -0.25) is 4.79 Å². The van der Waals surface area contributed by atoms with E-state index in [1.165, 1.54) is 19.3 Å². The summed E-state index contributed by atoms with van der Waals surface area (Å²) in [6.45, 7) is 2.79. The lowest BCUT2D eigenvalue weighted by molar-refractivity contribution is -0.175. The fourth-order valence-electron chi connectivity index (χ4n) is 3.91. The van der Waals surface area contributed by atoms with Gasteiger partial charge in [-0.1, -0.05) is 36.8 Å². The number of hydrogen-bond acceptors (Lipinski definition) is 3. The fourth-order valence-corrected chi connectivity index (χ4v) is 3.91. The Morgan fingerprint density at radius 2 is 2.14 bits per heavy atom. The number of hydrogen-bond donors (Lipinski definition) is 2. The highest BCUT2D eigenvalue weighted by Gasteiger charge is 2.59. The number of ether oxygens (including phenoxy) is 1. The molecule has 0 aromatic heterocycles. The summed E-state index contributed by atoms with van der Waals surface area (Å²) in [4.78, 5) is 12.3. The molecule has 2 saturated carbocycles. The number of rotatable bonds is 6. The molecule has 3 rings (SSSR count). The Morgan fingerprint density at radius 1 is 1.41 bits per heavy atom. The Labute approximate surface area is 132 Å². The highest BCUT2D eigenvalue weighted by Crippen LogP contribution is 2.57. The first-order chi connectivity index (χ1) is 10.7. The van der Waals surface area contributed by atoms with Crippen molar-refractivity contribution in [3.8, 4) is 0 Å². The molecule has 1 aromatic rings. The Morgan fingerprint density at radius 3 is 2.73 bits per heavy atom. The second kappa shape index (κ2) is 6.39. The summed E-state index contributed by atoms with van der Waals surface area (Å²) in [6.07, 6.45) is 5.22. The van der Waals surface area contributed by atoms with Gasteiger partial charge in [-0.2, -0.15) is 0 Å². The molecule has 22 heavy (non-hydrogen) atoms. The lowest BCUT2D eigenvalue weighted by Crippen LogP contribution is -2.67. The molecule has 0 heterocycles. The summed E-state index contributed by atoms with van der Waals surface area (Å²) >= 11 is 0. The molecule has 3 unspecified atom stereocenters. The van der Waals surface area contributed by atoms with Gasteiger partial charge in [0.1, 0.15) is 0 Å². The molecule has 2 aliphatic rings. The zero-order chi connectivity index (χ0) is 15.6. The van der Waals surface area contributed by atoms with Crippen molar-refractivity contribution in [2.24, 2.45) is 11.1 Å². The van der Waals surface area contributed by atoms with Gasteiger partial charge in [0.15, 0.2) is 0 Å². The highest BCUT2D eigenvalue weighted by molar-refractivity contribution is 5.77. The summed E-state index contributed by atoms with van der Waals surface area (Å²) in [7, 11) is 0. The van der Waals surface area contributed by atoms with E-state index >= 15 is 0 Å². The van der Waals surface area contributed by atoms with Crippen LogP contribution in [0.4, 0.5) is 0 Å². The number of carbonyl (C=O) groups excluding carboxylic acids is 1. The van der Waals surface area contributed by atoms with Crippen LogP contribution in [-0.4, -0.2) is 24.7 Å². The van der Waals surface area contributed by atoms with E-state index in [9.17, 15) is 4.79 Å². The molecule has 4 heteroatoms. The van der Waals surface area contributed by atoms with Gasteiger partial charge < -0.3 is 15.8 Å². The molecule has 1 spiro atoms. The van der Waals surface area contributed by atoms with Crippen LogP contribution in [0.1, 0.15) is 50.6 Å². The van der Waals surface area contributed by atoms with Crippen molar-refractivity contribution in [2.75, 3.05) is 6.61 Å². The van der Waals surface area contributed by atoms with Crippen LogP contribution in [0.3, 0.4) is 0 Å². The van der Waals surface area contributed by atoms with E-state index in [0.29, 0.717) is 12.5 Å². The monoisotopic (exact) mass is 302 g/mol. The van der Waals surface area contributed by atoms with Gasteiger partial charge in [0.25, 0.3) is 0 Å². The molecular formula is C18H26N2O2. The summed E-state index contributed by atoms with van der Waals surface area (Å²) in [5.41, 5.74) is 7.36. The quantitative estimate of drug-likeness (QED) is 0.849. The van der Waals surface area contributed by atoms with E-state index in [4.69, 9.17) is 10.5 Å². The van der Waals surface area contributed by atoms with Crippen LogP contribution in [0.25, 0.3) is 0 Å². The molecule has 0 aliphatic heterocycles. The van der Waals surface area contributed by atoms with Gasteiger partial charge in [0.05, 0.1) is 6.10 Å². The number of carbonyl (C=O) groups is 1. The van der Waals surface area contributed by atoms with Crippen LogP contribution in [0.2, 0.25) is 0 Å². The maximum absolute atomic E-state index is 12.3. The molecule has 4 nitrogen and oxygen atoms in total. The molecule has 1 amide bonds. The first-order valence-corrected chi connectivity index (χ1v) is 8.37. The first kappa shape index (κ1) is 15.5. The van der Waals surface area contributed by atoms with Gasteiger partial charge in [-0.25, -0.2) is 0 Å². The van der Waals surface area contributed by atoms with Gasteiger partial charge in [0.2, 0.25) is 5.91 Å². The van der Waals surface area contributed by atoms with E-state index in [1.54, 1.807) is 0 Å². The lowest BCUT2D eigenvalue weighted by atomic mass is 9.51. The maximum Gasteiger partial charge on any atom is 0.222 e. The first-order valence-electron chi connectivity index (χ1n) is 8.37. The minimum atomic E-state index is -0.235. The Bertz CT molecular complexity index is 513. The van der Waals surface area contributed by atoms with Crippen molar-refractivity contribution in [3.63, 3.8) is 0 Å². The second-order valence-electron chi connectivity index (χ2n) is 6.61. The van der Waals surface area contributed by atoms with Crippen LogP contribution in [0.5, 0.6) is 0 Å². The molecule has 0 saturated heterocycles. The summed E-state index contributed by atoms with van der Waals surface area (Å²) in [5.74, 6) is 0.0579. The molecule has 1 aromatic carbocycles. The van der Waals surface area contributed by atoms with Gasteiger partial charge >= 0.3 is 0 Å². The Hall–Kier alpha value is -1.39. The van der Waals surface area contributed by atoms with Crippen molar-refractivity contribution in [1.82, 2.24) is 5.32 Å². The van der Waals surface area contributed by atoms with Crippen molar-refractivity contribution in [2.45, 2.75) is 57.2 Å². The third-order valence-electron chi connectivity index (χ3n) is 5.41. The van der Waals surface area contributed by atoms with Crippen LogP contribution in [0, 0.1) is 5.41 Å². The smallest absolute Gasteiger partial charge is 0.222 e. The summed E-state index contributed by atoms with van der Waals surface area (Å²) in [6, 6.07) is 9.84. The average molecular weight is 302 g/mol. The normalized spacial score (nSPS) is 26.8. The van der Waals surface area contributed by atoms with Crippen LogP contribution in [0.15, 0.2) is 30.3 Å². The Balaban J connectivity index is 1.52. The molecule has 3 N–H and O–H groups in total. The average Bonchev–Trinajstić information content (AvgIpc) is 2.45. The number of benzene rings is 1. The zero-order valence-corrected chi connectivity index (χ0v) is 13.3. The molecule has 0 bridgehead atoms. The molecule has 0 radical (unpaired) electrons. The highest BCUT2D eigenvalue weighted by atomic mass is 16.5. The minimum absolute atomic E-state index is 0.0579. The van der Waals surface area contributed by atoms with E-state index in [-0.39, 0.29) is 23.4 Å². The van der Waals surface area contributed by atoms with Crippen LogP contribution < -0.4 is 11.1 Å². The summed E-state index contributed by atoms with van der Waals surface area (Å²) in [5, 5.41) is 3.20. The molecule has 120 valence electrons. The minimum Gasteiger partial charge on any atom is -0.378 e. The largest absolute Gasteiger partial charge is 0.378 e. The van der Waals surface area contributed by atoms with Crippen molar-refractivity contribution >= 4 is 5.91 Å². The predicted molar refractivity (Wildman–Crippen MR) is 86.2 cm³/mol. The van der Waals surface area contributed by atoms with Crippen molar-refractivity contribution in [1.29, 1.82) is 0 Å². The SMILES string of the molecule is CCOC1CC(NC(=O)CC(N)c2ccccc2)C12CCC2. The standard InChI is InChI=1S/C18H26N2O2/c1-2-22-16-12-15(18(16)9-6-10-18)20-17(21)11-14(19)13-7-4-3-5-8-13/h3-5,7-8,14-16H,2,6,9-12,19H2,1H3,(H,20,21). The maximum atomic E-state index is 12.3. The van der Waals surface area contributed by atoms with Gasteiger partial charge in [0, 0.05) is 30.5 Å². The van der Waals surface area contributed by atoms with E-state index < -0.39 is 0 Å². The predicted octanol–water partition coefficient (Wildman–Crippen LogP) is 2.54. The number of amides is 1. The number of nitrogens with two attached hydrogens (primary N) is 1. The van der Waals surface area contributed by atoms with Crippen LogP contribution >= 0.6 is 0 Å². The van der Waals surface area contributed by atoms with E-state index in [2.05, 4.69) is 5.32 Å². The summed E-state index contributed by atoms with van der Waals surface area (Å²) < 4.78 is 5.82.